The number of aromatic nitrogens is 2. The summed E-state index contributed by atoms with van der Waals surface area (Å²) in [6.45, 7) is 0. The Balaban J connectivity index is 2.99. The molecule has 78 valence electrons. The number of nitrogens with zero attached hydrogens (tertiary/aromatic N) is 1. The minimum atomic E-state index is -0.501. The number of hydrogen-bond acceptors (Lipinski definition) is 2. The van der Waals surface area contributed by atoms with Crippen LogP contribution in [0, 0.1) is 0 Å². The van der Waals surface area contributed by atoms with Gasteiger partial charge in [-0.15, -0.1) is 0 Å². The molecule has 2 aromatic rings. The molecule has 7 heteroatoms. The maximum Gasteiger partial charge on any atom is 0.286 e. The predicted molar refractivity (Wildman–Crippen MR) is 62.4 cm³/mol. The maximum absolute atomic E-state index is 11.2. The summed E-state index contributed by atoms with van der Waals surface area (Å²) in [6.07, 6.45) is 0. The number of hydrogen-bond donors (Lipinski definition) is 1. The first kappa shape index (κ1) is 11.0. The third-order valence-corrected chi connectivity index (χ3v) is 3.29. The molecule has 0 saturated carbocycles. The van der Waals surface area contributed by atoms with Gasteiger partial charge in [0.05, 0.1) is 20.6 Å². The third-order valence-electron chi connectivity index (χ3n) is 1.78. The van der Waals surface area contributed by atoms with Crippen LogP contribution in [0.4, 0.5) is 0 Å². The summed E-state index contributed by atoms with van der Waals surface area (Å²) in [5.41, 5.74) is 0.207. The molecule has 0 aliphatic rings. The zero-order valence-electron chi connectivity index (χ0n) is 6.94. The summed E-state index contributed by atoms with van der Waals surface area (Å²) < 4.78 is 0. The lowest BCUT2D eigenvalue weighted by Gasteiger charge is -2.03. The number of fused-ring (bicyclic) bond motifs is 1. The summed E-state index contributed by atoms with van der Waals surface area (Å²) in [6, 6.07) is 1.47. The fourth-order valence-corrected chi connectivity index (χ4v) is 1.89. The van der Waals surface area contributed by atoms with Crippen LogP contribution in [-0.4, -0.2) is 9.97 Å². The van der Waals surface area contributed by atoms with Crippen LogP contribution in [-0.2, 0) is 0 Å². The molecule has 1 aromatic heterocycles. The number of benzene rings is 1. The van der Waals surface area contributed by atoms with Crippen molar-refractivity contribution in [3.8, 4) is 0 Å². The number of aromatic amines is 1. The molecule has 0 aliphatic carbocycles. The summed E-state index contributed by atoms with van der Waals surface area (Å²) in [4.78, 5) is 17.5. The Morgan fingerprint density at radius 3 is 2.47 bits per heavy atom. The zero-order valence-corrected chi connectivity index (χ0v) is 9.97. The van der Waals surface area contributed by atoms with Crippen LogP contribution in [0.3, 0.4) is 0 Å². The van der Waals surface area contributed by atoms with Gasteiger partial charge < -0.3 is 4.98 Å². The molecule has 0 saturated heterocycles. The number of halogens is 4. The molecule has 0 aliphatic heterocycles. The Labute approximate surface area is 104 Å². The standard InChI is InChI=1S/C8H2Cl4N2O/c9-2-1-3-6(5(11)4(2)10)14-7(12)8(15)13-3/h1H,(H,13,15). The van der Waals surface area contributed by atoms with Gasteiger partial charge in [0, 0.05) is 0 Å². The van der Waals surface area contributed by atoms with Gasteiger partial charge in [-0.05, 0) is 6.07 Å². The molecule has 1 aromatic carbocycles. The van der Waals surface area contributed by atoms with Crippen molar-refractivity contribution >= 4 is 57.4 Å². The van der Waals surface area contributed by atoms with Gasteiger partial charge in [0.1, 0.15) is 5.52 Å². The number of nitrogens with one attached hydrogen (secondary N) is 1. The van der Waals surface area contributed by atoms with Gasteiger partial charge in [0.2, 0.25) is 0 Å². The maximum atomic E-state index is 11.2. The number of H-pyrrole nitrogens is 1. The molecule has 1 heterocycles. The molecule has 3 nitrogen and oxygen atoms in total. The smallest absolute Gasteiger partial charge is 0.286 e. The first-order chi connectivity index (χ1) is 7.00. The van der Waals surface area contributed by atoms with Crippen molar-refractivity contribution in [3.05, 3.63) is 36.6 Å². The van der Waals surface area contributed by atoms with E-state index in [4.69, 9.17) is 46.4 Å². The van der Waals surface area contributed by atoms with Gasteiger partial charge in [-0.2, -0.15) is 0 Å². The summed E-state index contributed by atoms with van der Waals surface area (Å²) in [5.74, 6) is 0. The quantitative estimate of drug-likeness (QED) is 0.752. The highest BCUT2D eigenvalue weighted by Gasteiger charge is 2.12. The molecule has 0 bridgehead atoms. The van der Waals surface area contributed by atoms with Gasteiger partial charge in [-0.25, -0.2) is 4.98 Å². The zero-order chi connectivity index (χ0) is 11.2. The lowest BCUT2D eigenvalue weighted by molar-refractivity contribution is 1.22. The molecule has 0 atom stereocenters. The highest BCUT2D eigenvalue weighted by molar-refractivity contribution is 6.50. The monoisotopic (exact) mass is 282 g/mol. The summed E-state index contributed by atoms with van der Waals surface area (Å²) in [5, 5.41) is 0.399. The van der Waals surface area contributed by atoms with Crippen molar-refractivity contribution in [2.24, 2.45) is 0 Å². The van der Waals surface area contributed by atoms with Gasteiger partial charge in [-0.3, -0.25) is 4.79 Å². The minimum Gasteiger partial charge on any atom is -0.318 e. The van der Waals surface area contributed by atoms with E-state index in [9.17, 15) is 4.79 Å². The van der Waals surface area contributed by atoms with Crippen LogP contribution in [0.15, 0.2) is 10.9 Å². The summed E-state index contributed by atoms with van der Waals surface area (Å²) in [7, 11) is 0. The highest BCUT2D eigenvalue weighted by atomic mass is 35.5. The van der Waals surface area contributed by atoms with E-state index in [0.29, 0.717) is 11.0 Å². The Hall–Kier alpha value is -0.480. The molecule has 0 unspecified atom stereocenters. The van der Waals surface area contributed by atoms with E-state index in [1.165, 1.54) is 6.07 Å². The minimum absolute atomic E-state index is 0.164. The van der Waals surface area contributed by atoms with E-state index in [1.54, 1.807) is 0 Å². The van der Waals surface area contributed by atoms with Crippen LogP contribution < -0.4 is 5.56 Å². The topological polar surface area (TPSA) is 45.8 Å². The van der Waals surface area contributed by atoms with Crippen molar-refractivity contribution < 1.29 is 0 Å². The SMILES string of the molecule is O=c1[nH]c2cc(Cl)c(Cl)c(Cl)c2nc1Cl. The molecule has 15 heavy (non-hydrogen) atoms. The first-order valence-electron chi connectivity index (χ1n) is 3.73. The van der Waals surface area contributed by atoms with Crippen molar-refractivity contribution in [2.45, 2.75) is 0 Å². The second kappa shape index (κ2) is 3.83. The fraction of sp³-hybridized carbons (Fsp3) is 0. The highest BCUT2D eigenvalue weighted by Crippen LogP contribution is 2.34. The second-order valence-electron chi connectivity index (χ2n) is 2.74. The van der Waals surface area contributed by atoms with Gasteiger partial charge >= 0.3 is 0 Å². The lowest BCUT2D eigenvalue weighted by Crippen LogP contribution is -2.08. The Bertz CT molecular complexity index is 608. The molecule has 0 radical (unpaired) electrons. The molecule has 0 amide bonds. The van der Waals surface area contributed by atoms with Crippen LogP contribution in [0.1, 0.15) is 0 Å². The van der Waals surface area contributed by atoms with E-state index in [-0.39, 0.29) is 20.2 Å². The van der Waals surface area contributed by atoms with Crippen molar-refractivity contribution in [1.29, 1.82) is 0 Å². The van der Waals surface area contributed by atoms with Crippen LogP contribution in [0.5, 0.6) is 0 Å². The fourth-order valence-electron chi connectivity index (χ4n) is 1.11. The molecular weight excluding hydrogens is 282 g/mol. The Kier molecular flexibility index (Phi) is 2.81. The van der Waals surface area contributed by atoms with Crippen LogP contribution in [0.2, 0.25) is 20.2 Å². The summed E-state index contributed by atoms with van der Waals surface area (Å²) >= 11 is 23.1. The largest absolute Gasteiger partial charge is 0.318 e. The molecule has 0 spiro atoms. The average molecular weight is 284 g/mol. The van der Waals surface area contributed by atoms with Crippen molar-refractivity contribution in [3.63, 3.8) is 0 Å². The van der Waals surface area contributed by atoms with Crippen molar-refractivity contribution in [1.82, 2.24) is 9.97 Å². The third kappa shape index (κ3) is 1.81. The normalized spacial score (nSPS) is 10.9. The second-order valence-corrected chi connectivity index (χ2v) is 4.26. The van der Waals surface area contributed by atoms with Gasteiger partial charge in [-0.1, -0.05) is 46.4 Å². The Morgan fingerprint density at radius 2 is 1.80 bits per heavy atom. The van der Waals surface area contributed by atoms with Crippen molar-refractivity contribution in [2.75, 3.05) is 0 Å². The average Bonchev–Trinajstić information content (AvgIpc) is 2.19. The molecule has 1 N–H and O–H groups in total. The van der Waals surface area contributed by atoms with E-state index in [1.807, 2.05) is 0 Å². The van der Waals surface area contributed by atoms with E-state index < -0.39 is 5.56 Å². The van der Waals surface area contributed by atoms with Crippen LogP contribution in [0.25, 0.3) is 11.0 Å². The number of rotatable bonds is 0. The van der Waals surface area contributed by atoms with E-state index in [2.05, 4.69) is 9.97 Å². The molecule has 2 rings (SSSR count). The molecule has 0 fully saturated rings. The van der Waals surface area contributed by atoms with Crippen LogP contribution >= 0.6 is 46.4 Å². The lowest BCUT2D eigenvalue weighted by atomic mass is 10.3. The first-order valence-corrected chi connectivity index (χ1v) is 5.25. The Morgan fingerprint density at radius 1 is 1.13 bits per heavy atom. The molecular formula is C8H2Cl4N2O. The van der Waals surface area contributed by atoms with E-state index >= 15 is 0 Å². The predicted octanol–water partition coefficient (Wildman–Crippen LogP) is 3.54. The van der Waals surface area contributed by atoms with Gasteiger partial charge in [0.25, 0.3) is 5.56 Å². The van der Waals surface area contributed by atoms with Gasteiger partial charge in [0.15, 0.2) is 5.15 Å². The van der Waals surface area contributed by atoms with E-state index in [0.717, 1.165) is 0 Å².